The largest absolute Gasteiger partial charge is 0.490 e. The van der Waals surface area contributed by atoms with Crippen LogP contribution in [0, 0.1) is 11.8 Å². The first-order valence-electron chi connectivity index (χ1n) is 9.23. The highest BCUT2D eigenvalue weighted by Gasteiger charge is 2.45. The summed E-state index contributed by atoms with van der Waals surface area (Å²) < 4.78 is 5.80. The van der Waals surface area contributed by atoms with E-state index >= 15 is 0 Å². The Morgan fingerprint density at radius 3 is 2.29 bits per heavy atom. The number of hydrogen-bond donors (Lipinski definition) is 5. The Kier molecular flexibility index (Phi) is 6.32. The number of ether oxygens (including phenoxy) is 1. The number of aliphatic carboxylic acids is 2. The van der Waals surface area contributed by atoms with E-state index in [9.17, 15) is 9.59 Å². The molecule has 0 spiro atoms. The van der Waals surface area contributed by atoms with Gasteiger partial charge in [0.05, 0.1) is 18.1 Å². The number of piperidine rings is 1. The summed E-state index contributed by atoms with van der Waals surface area (Å²) in [6.45, 7) is 4.30. The molecule has 0 amide bonds. The quantitative estimate of drug-likeness (QED) is 0.395. The second kappa shape index (κ2) is 8.72. The summed E-state index contributed by atoms with van der Waals surface area (Å²) in [5.41, 5.74) is 1.22. The van der Waals surface area contributed by atoms with Crippen LogP contribution in [0.25, 0.3) is 0 Å². The maximum Gasteiger partial charge on any atom is 0.335 e. The summed E-state index contributed by atoms with van der Waals surface area (Å²) in [5, 5.41) is 35.9. The van der Waals surface area contributed by atoms with Gasteiger partial charge in [-0.05, 0) is 31.2 Å². The molecule has 3 heterocycles. The van der Waals surface area contributed by atoms with Crippen molar-refractivity contribution < 1.29 is 34.8 Å². The van der Waals surface area contributed by atoms with Crippen molar-refractivity contribution in [3.05, 3.63) is 18.5 Å². The molecule has 4 rings (SSSR count). The Morgan fingerprint density at radius 1 is 1.18 bits per heavy atom. The summed E-state index contributed by atoms with van der Waals surface area (Å²) in [6.07, 6.45) is 1.91. The molecule has 1 aromatic rings. The number of anilines is 1. The molecule has 5 N–H and O–H groups in total. The Labute approximate surface area is 161 Å². The molecule has 2 aliphatic heterocycles. The van der Waals surface area contributed by atoms with E-state index in [4.69, 9.17) is 25.2 Å². The third-order valence-electron chi connectivity index (χ3n) is 5.22. The van der Waals surface area contributed by atoms with Gasteiger partial charge in [0.15, 0.2) is 12.2 Å². The van der Waals surface area contributed by atoms with Gasteiger partial charge in [-0.3, -0.25) is 4.98 Å². The molecule has 2 unspecified atom stereocenters. The van der Waals surface area contributed by atoms with Crippen LogP contribution in [-0.2, 0) is 9.59 Å². The number of carboxylic acid groups (broad SMARTS) is 2. The Balaban J connectivity index is 0.000000195. The minimum Gasteiger partial charge on any atom is -0.490 e. The summed E-state index contributed by atoms with van der Waals surface area (Å²) in [6, 6.07) is 2.67. The Hall–Kier alpha value is -2.43. The number of carboxylic acids is 2. The monoisotopic (exact) mass is 395 g/mol. The zero-order chi connectivity index (χ0) is 20.3. The third kappa shape index (κ3) is 5.09. The summed E-state index contributed by atoms with van der Waals surface area (Å²) in [7, 11) is 0. The molecular weight excluding hydrogens is 370 g/mol. The predicted octanol–water partition coefficient (Wildman–Crippen LogP) is -0.844. The fourth-order valence-electron chi connectivity index (χ4n) is 3.23. The molecule has 0 radical (unpaired) electrons. The van der Waals surface area contributed by atoms with Crippen LogP contribution in [0.1, 0.15) is 12.8 Å². The zero-order valence-electron chi connectivity index (χ0n) is 15.3. The fourth-order valence-corrected chi connectivity index (χ4v) is 3.23. The van der Waals surface area contributed by atoms with Gasteiger partial charge in [0, 0.05) is 25.2 Å². The number of nitrogens with zero attached hydrogens (tertiary/aromatic N) is 2. The molecule has 28 heavy (non-hydrogen) atoms. The van der Waals surface area contributed by atoms with Crippen molar-refractivity contribution in [3.8, 4) is 5.75 Å². The zero-order valence-corrected chi connectivity index (χ0v) is 15.3. The van der Waals surface area contributed by atoms with Crippen molar-refractivity contribution in [2.24, 2.45) is 11.8 Å². The minimum atomic E-state index is -2.27. The van der Waals surface area contributed by atoms with Crippen molar-refractivity contribution in [2.75, 3.05) is 31.1 Å². The average Bonchev–Trinajstić information content (AvgIpc) is 3.25. The number of rotatable bonds is 7. The predicted molar refractivity (Wildman–Crippen MR) is 97.2 cm³/mol. The smallest absolute Gasteiger partial charge is 0.335 e. The molecule has 5 atom stereocenters. The lowest BCUT2D eigenvalue weighted by Gasteiger charge is -2.27. The molecule has 154 valence electrons. The standard InChI is InChI=1S/C14H19N3O.C4H6O6/c1-2-16-12(1)9-18-14-4-13(5-15-6-14)17-7-10-3-11(10)8-17;5-1(3(7)8)2(6)4(9)10/h4-6,10-12,16H,1-3,7-9H2;1-2,5-6H,(H,7,8)(H,9,10)/t10?,11?,12-;1-,2-/m01/s1. The molecule has 3 fully saturated rings. The van der Waals surface area contributed by atoms with Gasteiger partial charge in [-0.1, -0.05) is 0 Å². The minimum absolute atomic E-state index is 0.535. The molecule has 10 nitrogen and oxygen atoms in total. The van der Waals surface area contributed by atoms with Gasteiger partial charge >= 0.3 is 11.9 Å². The van der Waals surface area contributed by atoms with Gasteiger partial charge < -0.3 is 35.4 Å². The third-order valence-corrected chi connectivity index (χ3v) is 5.22. The average molecular weight is 395 g/mol. The topological polar surface area (TPSA) is 152 Å². The normalized spacial score (nSPS) is 26.8. The molecule has 0 aromatic carbocycles. The molecule has 10 heteroatoms. The molecule has 2 saturated heterocycles. The number of nitrogens with one attached hydrogen (secondary N) is 1. The second-order valence-corrected chi connectivity index (χ2v) is 7.36. The molecule has 1 saturated carbocycles. The van der Waals surface area contributed by atoms with Crippen LogP contribution < -0.4 is 15.0 Å². The van der Waals surface area contributed by atoms with Crippen molar-refractivity contribution in [3.63, 3.8) is 0 Å². The highest BCUT2D eigenvalue weighted by Crippen LogP contribution is 2.46. The lowest BCUT2D eigenvalue weighted by Crippen LogP contribution is -2.46. The first-order valence-corrected chi connectivity index (χ1v) is 9.23. The van der Waals surface area contributed by atoms with Gasteiger partial charge in [0.2, 0.25) is 0 Å². The van der Waals surface area contributed by atoms with Crippen LogP contribution in [0.2, 0.25) is 0 Å². The first kappa shape index (κ1) is 20.3. The van der Waals surface area contributed by atoms with E-state index in [-0.39, 0.29) is 0 Å². The van der Waals surface area contributed by atoms with Crippen LogP contribution in [-0.4, -0.2) is 81.8 Å². The summed E-state index contributed by atoms with van der Waals surface area (Å²) in [5.74, 6) is -0.728. The van der Waals surface area contributed by atoms with Crippen molar-refractivity contribution in [1.29, 1.82) is 0 Å². The van der Waals surface area contributed by atoms with E-state index in [1.807, 2.05) is 12.4 Å². The molecule has 1 aromatic heterocycles. The Bertz CT molecular complexity index is 684. The van der Waals surface area contributed by atoms with Crippen LogP contribution in [0.3, 0.4) is 0 Å². The maximum absolute atomic E-state index is 9.77. The van der Waals surface area contributed by atoms with Gasteiger partial charge in [0.25, 0.3) is 0 Å². The summed E-state index contributed by atoms with van der Waals surface area (Å²) >= 11 is 0. The number of aliphatic hydroxyl groups is 2. The number of pyridine rings is 1. The van der Waals surface area contributed by atoms with Crippen molar-refractivity contribution in [1.82, 2.24) is 10.3 Å². The highest BCUT2D eigenvalue weighted by atomic mass is 16.5. The number of carbonyl (C=O) groups is 2. The maximum atomic E-state index is 9.77. The number of aliphatic hydroxyl groups excluding tert-OH is 2. The molecule has 1 aliphatic carbocycles. The summed E-state index contributed by atoms with van der Waals surface area (Å²) in [4.78, 5) is 26.3. The van der Waals surface area contributed by atoms with E-state index in [0.717, 1.165) is 30.7 Å². The van der Waals surface area contributed by atoms with E-state index in [1.54, 1.807) is 0 Å². The number of aromatic nitrogens is 1. The lowest BCUT2D eigenvalue weighted by atomic mass is 10.1. The van der Waals surface area contributed by atoms with Crippen LogP contribution in [0.5, 0.6) is 5.75 Å². The van der Waals surface area contributed by atoms with Gasteiger partial charge in [-0.25, -0.2) is 9.59 Å². The van der Waals surface area contributed by atoms with Crippen LogP contribution in [0.4, 0.5) is 5.69 Å². The SMILES string of the molecule is O=C(O)[C@H](O)[C@@H](O)C(=O)O.c1ncc(N2CC3CC3C2)cc1OC[C@@H]1CCN1. The van der Waals surface area contributed by atoms with Gasteiger partial charge in [-0.15, -0.1) is 0 Å². The molecule has 0 bridgehead atoms. The van der Waals surface area contributed by atoms with Gasteiger partial charge in [-0.2, -0.15) is 0 Å². The Morgan fingerprint density at radius 2 is 1.79 bits per heavy atom. The fraction of sp³-hybridized carbons (Fsp3) is 0.611. The van der Waals surface area contributed by atoms with E-state index in [1.165, 1.54) is 31.6 Å². The van der Waals surface area contributed by atoms with Crippen LogP contribution >= 0.6 is 0 Å². The number of fused-ring (bicyclic) bond motifs is 1. The van der Waals surface area contributed by atoms with E-state index in [0.29, 0.717) is 6.04 Å². The molecular formula is C18H25N3O7. The van der Waals surface area contributed by atoms with Gasteiger partial charge in [0.1, 0.15) is 12.4 Å². The van der Waals surface area contributed by atoms with Crippen molar-refractivity contribution in [2.45, 2.75) is 31.1 Å². The number of hydrogen-bond acceptors (Lipinski definition) is 8. The first-order chi connectivity index (χ1) is 13.3. The highest BCUT2D eigenvalue weighted by molar-refractivity contribution is 5.83. The molecule has 3 aliphatic rings. The van der Waals surface area contributed by atoms with E-state index in [2.05, 4.69) is 21.3 Å². The second-order valence-electron chi connectivity index (χ2n) is 7.36. The van der Waals surface area contributed by atoms with E-state index < -0.39 is 24.1 Å². The van der Waals surface area contributed by atoms with Crippen molar-refractivity contribution >= 4 is 17.6 Å². The van der Waals surface area contributed by atoms with Crippen LogP contribution in [0.15, 0.2) is 18.5 Å². The lowest BCUT2D eigenvalue weighted by molar-refractivity contribution is -0.165.